The van der Waals surface area contributed by atoms with Crippen molar-refractivity contribution >= 4 is 22.7 Å². The SMILES string of the molecule is CNCCCC[C@H](N)C(O)c1nc2cc(Cl)ccc2o1. The van der Waals surface area contributed by atoms with Gasteiger partial charge in [0.25, 0.3) is 0 Å². The van der Waals surface area contributed by atoms with Crippen molar-refractivity contribution in [2.75, 3.05) is 13.6 Å². The van der Waals surface area contributed by atoms with Crippen LogP contribution < -0.4 is 11.1 Å². The molecule has 5 nitrogen and oxygen atoms in total. The number of aliphatic hydroxyl groups excluding tert-OH is 1. The summed E-state index contributed by atoms with van der Waals surface area (Å²) in [6.07, 6.45) is 1.81. The molecule has 0 amide bonds. The minimum Gasteiger partial charge on any atom is -0.438 e. The molecule has 0 saturated carbocycles. The predicted molar refractivity (Wildman–Crippen MR) is 79.7 cm³/mol. The van der Waals surface area contributed by atoms with Crippen molar-refractivity contribution in [3.05, 3.63) is 29.1 Å². The fourth-order valence-corrected chi connectivity index (χ4v) is 2.23. The molecule has 0 fully saturated rings. The lowest BCUT2D eigenvalue weighted by molar-refractivity contribution is 0.113. The molecular formula is C14H20ClN3O2. The van der Waals surface area contributed by atoms with Crippen LogP contribution in [0.3, 0.4) is 0 Å². The molecule has 110 valence electrons. The van der Waals surface area contributed by atoms with Crippen molar-refractivity contribution < 1.29 is 9.52 Å². The van der Waals surface area contributed by atoms with E-state index in [0.29, 0.717) is 16.1 Å². The topological polar surface area (TPSA) is 84.3 Å². The minimum atomic E-state index is -0.893. The molecule has 2 atom stereocenters. The zero-order valence-electron chi connectivity index (χ0n) is 11.5. The van der Waals surface area contributed by atoms with E-state index in [9.17, 15) is 5.11 Å². The van der Waals surface area contributed by atoms with Crippen LogP contribution in [0.15, 0.2) is 22.6 Å². The zero-order valence-corrected chi connectivity index (χ0v) is 12.2. The van der Waals surface area contributed by atoms with E-state index in [2.05, 4.69) is 10.3 Å². The largest absolute Gasteiger partial charge is 0.438 e. The first-order valence-corrected chi connectivity index (χ1v) is 7.14. The molecule has 0 saturated heterocycles. The fraction of sp³-hybridized carbons (Fsp3) is 0.500. The average molecular weight is 298 g/mol. The van der Waals surface area contributed by atoms with Gasteiger partial charge in [0, 0.05) is 11.1 Å². The second-order valence-electron chi connectivity index (χ2n) is 4.87. The van der Waals surface area contributed by atoms with Crippen molar-refractivity contribution in [1.82, 2.24) is 10.3 Å². The number of fused-ring (bicyclic) bond motifs is 1. The Balaban J connectivity index is 2.00. The highest BCUT2D eigenvalue weighted by Crippen LogP contribution is 2.25. The molecule has 1 aromatic carbocycles. The van der Waals surface area contributed by atoms with Crippen LogP contribution in [0.2, 0.25) is 5.02 Å². The first-order chi connectivity index (χ1) is 9.61. The number of rotatable bonds is 7. The highest BCUT2D eigenvalue weighted by molar-refractivity contribution is 6.31. The molecule has 1 aromatic heterocycles. The maximum atomic E-state index is 10.2. The van der Waals surface area contributed by atoms with Gasteiger partial charge < -0.3 is 20.6 Å². The average Bonchev–Trinajstić information content (AvgIpc) is 2.85. The third-order valence-electron chi connectivity index (χ3n) is 3.24. The molecule has 0 aliphatic rings. The summed E-state index contributed by atoms with van der Waals surface area (Å²) < 4.78 is 5.52. The van der Waals surface area contributed by atoms with Crippen LogP contribution >= 0.6 is 11.6 Å². The lowest BCUT2D eigenvalue weighted by Gasteiger charge is -2.15. The Labute approximate surface area is 123 Å². The number of aromatic nitrogens is 1. The Morgan fingerprint density at radius 3 is 3.00 bits per heavy atom. The van der Waals surface area contributed by atoms with Gasteiger partial charge in [0.2, 0.25) is 5.89 Å². The molecule has 1 unspecified atom stereocenters. The first-order valence-electron chi connectivity index (χ1n) is 6.76. The molecule has 0 aliphatic carbocycles. The third kappa shape index (κ3) is 3.70. The van der Waals surface area contributed by atoms with Gasteiger partial charge in [0.1, 0.15) is 11.6 Å². The lowest BCUT2D eigenvalue weighted by Crippen LogP contribution is -2.28. The highest BCUT2D eigenvalue weighted by Gasteiger charge is 2.22. The Kier molecular flexibility index (Phi) is 5.37. The number of oxazole rings is 1. The van der Waals surface area contributed by atoms with Gasteiger partial charge in [-0.1, -0.05) is 18.0 Å². The standard InChI is InChI=1S/C14H20ClN3O2/c1-17-7-3-2-4-10(16)13(19)14-18-11-8-9(15)5-6-12(11)20-14/h5-6,8,10,13,17,19H,2-4,7,16H2,1H3/t10-,13?/m0/s1. The number of halogens is 1. The molecule has 0 bridgehead atoms. The summed E-state index contributed by atoms with van der Waals surface area (Å²) in [4.78, 5) is 4.25. The van der Waals surface area contributed by atoms with Gasteiger partial charge in [-0.15, -0.1) is 0 Å². The van der Waals surface area contributed by atoms with Gasteiger partial charge in [-0.25, -0.2) is 4.98 Å². The van der Waals surface area contributed by atoms with Gasteiger partial charge in [-0.3, -0.25) is 0 Å². The quantitative estimate of drug-likeness (QED) is 0.683. The molecule has 1 heterocycles. The number of hydrogen-bond donors (Lipinski definition) is 3. The van der Waals surface area contributed by atoms with E-state index in [-0.39, 0.29) is 11.9 Å². The van der Waals surface area contributed by atoms with Crippen LogP contribution in [-0.2, 0) is 0 Å². The normalized spacial score (nSPS) is 14.6. The summed E-state index contributed by atoms with van der Waals surface area (Å²) >= 11 is 5.89. The highest BCUT2D eigenvalue weighted by atomic mass is 35.5. The van der Waals surface area contributed by atoms with Gasteiger partial charge in [0.15, 0.2) is 5.58 Å². The number of benzene rings is 1. The van der Waals surface area contributed by atoms with E-state index in [0.717, 1.165) is 25.8 Å². The van der Waals surface area contributed by atoms with E-state index in [1.165, 1.54) is 0 Å². The van der Waals surface area contributed by atoms with Gasteiger partial charge in [-0.05, 0) is 44.6 Å². The van der Waals surface area contributed by atoms with Crippen LogP contribution in [0.4, 0.5) is 0 Å². The van der Waals surface area contributed by atoms with Crippen molar-refractivity contribution in [2.45, 2.75) is 31.4 Å². The van der Waals surface area contributed by atoms with Crippen molar-refractivity contribution in [3.8, 4) is 0 Å². The molecular weight excluding hydrogens is 278 g/mol. The van der Waals surface area contributed by atoms with Crippen LogP contribution in [0.5, 0.6) is 0 Å². The van der Waals surface area contributed by atoms with Gasteiger partial charge >= 0.3 is 0 Å². The van der Waals surface area contributed by atoms with Crippen LogP contribution in [0.1, 0.15) is 31.3 Å². The van der Waals surface area contributed by atoms with E-state index < -0.39 is 6.10 Å². The van der Waals surface area contributed by atoms with Crippen molar-refractivity contribution in [1.29, 1.82) is 0 Å². The third-order valence-corrected chi connectivity index (χ3v) is 3.47. The Morgan fingerprint density at radius 2 is 2.25 bits per heavy atom. The Morgan fingerprint density at radius 1 is 1.45 bits per heavy atom. The number of nitrogens with one attached hydrogen (secondary N) is 1. The van der Waals surface area contributed by atoms with E-state index in [1.807, 2.05) is 7.05 Å². The number of unbranched alkanes of at least 4 members (excludes halogenated alkanes) is 1. The minimum absolute atomic E-state index is 0.253. The van der Waals surface area contributed by atoms with E-state index in [4.69, 9.17) is 21.8 Å². The zero-order chi connectivity index (χ0) is 14.5. The fourth-order valence-electron chi connectivity index (χ4n) is 2.07. The smallest absolute Gasteiger partial charge is 0.225 e. The summed E-state index contributed by atoms with van der Waals surface area (Å²) in [5.74, 6) is 0.253. The lowest BCUT2D eigenvalue weighted by atomic mass is 10.0. The summed E-state index contributed by atoms with van der Waals surface area (Å²) in [6, 6.07) is 4.78. The molecule has 0 aliphatic heterocycles. The van der Waals surface area contributed by atoms with Crippen LogP contribution in [0, 0.1) is 0 Å². The number of aliphatic hydroxyl groups is 1. The summed E-state index contributed by atoms with van der Waals surface area (Å²) in [7, 11) is 1.91. The van der Waals surface area contributed by atoms with E-state index >= 15 is 0 Å². The summed E-state index contributed by atoms with van der Waals surface area (Å²) in [5, 5.41) is 13.9. The predicted octanol–water partition coefficient (Wildman–Crippen LogP) is 2.23. The van der Waals surface area contributed by atoms with Crippen LogP contribution in [0.25, 0.3) is 11.1 Å². The van der Waals surface area contributed by atoms with Gasteiger partial charge in [0.05, 0.1) is 0 Å². The molecule has 2 rings (SSSR count). The summed E-state index contributed by atoms with van der Waals surface area (Å²) in [5.41, 5.74) is 7.22. The monoisotopic (exact) mass is 297 g/mol. The molecule has 20 heavy (non-hydrogen) atoms. The molecule has 2 aromatic rings. The van der Waals surface area contributed by atoms with Crippen molar-refractivity contribution in [2.24, 2.45) is 5.73 Å². The Bertz CT molecular complexity index is 558. The first kappa shape index (κ1) is 15.3. The van der Waals surface area contributed by atoms with E-state index in [1.54, 1.807) is 18.2 Å². The molecule has 4 N–H and O–H groups in total. The number of nitrogens with two attached hydrogens (primary N) is 1. The van der Waals surface area contributed by atoms with Crippen molar-refractivity contribution in [3.63, 3.8) is 0 Å². The Hall–Kier alpha value is -1.14. The maximum absolute atomic E-state index is 10.2. The maximum Gasteiger partial charge on any atom is 0.225 e. The number of hydrogen-bond acceptors (Lipinski definition) is 5. The van der Waals surface area contributed by atoms with Crippen LogP contribution in [-0.4, -0.2) is 29.7 Å². The number of nitrogens with zero attached hydrogens (tertiary/aromatic N) is 1. The second kappa shape index (κ2) is 7.04. The molecule has 0 spiro atoms. The van der Waals surface area contributed by atoms with Gasteiger partial charge in [-0.2, -0.15) is 0 Å². The molecule has 0 radical (unpaired) electrons. The second-order valence-corrected chi connectivity index (χ2v) is 5.31. The molecule has 6 heteroatoms. The summed E-state index contributed by atoms with van der Waals surface area (Å²) in [6.45, 7) is 0.949.